The molecule has 0 amide bonds. The van der Waals surface area contributed by atoms with Crippen molar-refractivity contribution in [3.63, 3.8) is 0 Å². The van der Waals surface area contributed by atoms with Crippen LogP contribution in [0.1, 0.15) is 40.0 Å². The Morgan fingerprint density at radius 2 is 1.67 bits per heavy atom. The van der Waals surface area contributed by atoms with Crippen molar-refractivity contribution in [1.29, 1.82) is 0 Å². The van der Waals surface area contributed by atoms with Crippen molar-refractivity contribution in [3.8, 4) is 0 Å². The van der Waals surface area contributed by atoms with Gasteiger partial charge < -0.3 is 10.6 Å². The van der Waals surface area contributed by atoms with E-state index >= 15 is 0 Å². The van der Waals surface area contributed by atoms with E-state index in [1.807, 2.05) is 0 Å². The first-order valence-corrected chi connectivity index (χ1v) is 6.46. The van der Waals surface area contributed by atoms with Crippen LogP contribution in [0.5, 0.6) is 0 Å². The first kappa shape index (κ1) is 11.4. The lowest BCUT2D eigenvalue weighted by Crippen LogP contribution is -2.55. The Kier molecular flexibility index (Phi) is 3.09. The van der Waals surface area contributed by atoms with Gasteiger partial charge in [0.1, 0.15) is 0 Å². The van der Waals surface area contributed by atoms with Crippen LogP contribution in [0.2, 0.25) is 0 Å². The van der Waals surface area contributed by atoms with Crippen molar-refractivity contribution >= 4 is 0 Å². The third-order valence-corrected chi connectivity index (χ3v) is 4.47. The van der Waals surface area contributed by atoms with Crippen molar-refractivity contribution in [1.82, 2.24) is 10.6 Å². The molecule has 1 atom stereocenters. The van der Waals surface area contributed by atoms with Crippen molar-refractivity contribution in [2.24, 2.45) is 16.7 Å². The zero-order valence-corrected chi connectivity index (χ0v) is 10.5. The number of hydrogen-bond donors (Lipinski definition) is 2. The van der Waals surface area contributed by atoms with Crippen LogP contribution in [0.3, 0.4) is 0 Å². The number of nitrogens with one attached hydrogen (secondary N) is 2. The van der Waals surface area contributed by atoms with Crippen molar-refractivity contribution in [2.75, 3.05) is 26.2 Å². The maximum Gasteiger partial charge on any atom is 0.00116 e. The van der Waals surface area contributed by atoms with E-state index in [0.717, 1.165) is 5.92 Å². The van der Waals surface area contributed by atoms with Gasteiger partial charge in [0.05, 0.1) is 0 Å². The minimum absolute atomic E-state index is 0.472. The lowest BCUT2D eigenvalue weighted by Gasteiger charge is -2.52. The molecule has 0 radical (unpaired) electrons. The molecule has 0 aromatic rings. The van der Waals surface area contributed by atoms with Gasteiger partial charge in [-0.2, -0.15) is 0 Å². The van der Waals surface area contributed by atoms with Crippen LogP contribution in [-0.4, -0.2) is 26.2 Å². The molecule has 0 aliphatic carbocycles. The average Bonchev–Trinajstić information content (AvgIpc) is 2.18. The van der Waals surface area contributed by atoms with Gasteiger partial charge in [0.15, 0.2) is 0 Å². The van der Waals surface area contributed by atoms with E-state index in [-0.39, 0.29) is 0 Å². The SMILES string of the molecule is CC(C)(C)C1CCNCC12CCNCC2. The van der Waals surface area contributed by atoms with Gasteiger partial charge in [-0.15, -0.1) is 0 Å². The summed E-state index contributed by atoms with van der Waals surface area (Å²) >= 11 is 0. The first-order chi connectivity index (χ1) is 7.05. The zero-order chi connectivity index (χ0) is 10.9. The Morgan fingerprint density at radius 1 is 1.00 bits per heavy atom. The maximum atomic E-state index is 3.62. The fourth-order valence-electron chi connectivity index (χ4n) is 3.81. The van der Waals surface area contributed by atoms with Gasteiger partial charge in [0.25, 0.3) is 0 Å². The molecule has 2 saturated heterocycles. The van der Waals surface area contributed by atoms with Crippen LogP contribution < -0.4 is 10.6 Å². The minimum Gasteiger partial charge on any atom is -0.317 e. The molecule has 0 bridgehead atoms. The Hall–Kier alpha value is -0.0800. The summed E-state index contributed by atoms with van der Waals surface area (Å²) in [5.74, 6) is 0.897. The van der Waals surface area contributed by atoms with E-state index in [0.29, 0.717) is 10.8 Å². The Labute approximate surface area is 94.2 Å². The van der Waals surface area contributed by atoms with E-state index in [2.05, 4.69) is 31.4 Å². The lowest BCUT2D eigenvalue weighted by atomic mass is 9.57. The molecule has 2 aliphatic rings. The molecule has 2 aliphatic heterocycles. The molecule has 1 unspecified atom stereocenters. The summed E-state index contributed by atoms with van der Waals surface area (Å²) < 4.78 is 0. The summed E-state index contributed by atoms with van der Waals surface area (Å²) in [5, 5.41) is 7.12. The van der Waals surface area contributed by atoms with E-state index in [4.69, 9.17) is 0 Å². The van der Waals surface area contributed by atoms with E-state index < -0.39 is 0 Å². The summed E-state index contributed by atoms with van der Waals surface area (Å²) in [6.07, 6.45) is 4.09. The highest BCUT2D eigenvalue weighted by Gasteiger charge is 2.46. The van der Waals surface area contributed by atoms with Crippen LogP contribution in [0.15, 0.2) is 0 Å². The van der Waals surface area contributed by atoms with Gasteiger partial charge in [-0.25, -0.2) is 0 Å². The Morgan fingerprint density at radius 3 is 2.27 bits per heavy atom. The van der Waals surface area contributed by atoms with Gasteiger partial charge in [-0.3, -0.25) is 0 Å². The molecule has 0 aromatic heterocycles. The molecule has 2 fully saturated rings. The molecule has 2 rings (SSSR count). The number of rotatable bonds is 0. The molecule has 0 aromatic carbocycles. The second kappa shape index (κ2) is 4.06. The predicted octanol–water partition coefficient (Wildman–Crippen LogP) is 2.01. The first-order valence-electron chi connectivity index (χ1n) is 6.46. The molecule has 0 saturated carbocycles. The monoisotopic (exact) mass is 210 g/mol. The smallest absolute Gasteiger partial charge is 0.00116 e. The van der Waals surface area contributed by atoms with Gasteiger partial charge in [-0.05, 0) is 55.6 Å². The standard InChI is InChI=1S/C13H26N2/c1-12(2,3)11-4-7-15-10-13(11)5-8-14-9-6-13/h11,14-15H,4-10H2,1-3H3. The maximum absolute atomic E-state index is 3.62. The second-order valence-electron chi connectivity index (χ2n) is 6.50. The second-order valence-corrected chi connectivity index (χ2v) is 6.50. The van der Waals surface area contributed by atoms with Gasteiger partial charge in [0, 0.05) is 6.54 Å². The van der Waals surface area contributed by atoms with Crippen LogP contribution in [0.25, 0.3) is 0 Å². The lowest BCUT2D eigenvalue weighted by molar-refractivity contribution is -0.000517. The molecule has 2 nitrogen and oxygen atoms in total. The third kappa shape index (κ3) is 2.21. The molecule has 88 valence electrons. The highest BCUT2D eigenvalue weighted by atomic mass is 14.9. The molecule has 2 N–H and O–H groups in total. The summed E-state index contributed by atoms with van der Waals surface area (Å²) in [4.78, 5) is 0. The van der Waals surface area contributed by atoms with Crippen LogP contribution in [-0.2, 0) is 0 Å². The largest absolute Gasteiger partial charge is 0.317 e. The summed E-state index contributed by atoms with van der Waals surface area (Å²) in [5.41, 5.74) is 1.06. The number of piperidine rings is 2. The zero-order valence-electron chi connectivity index (χ0n) is 10.5. The number of hydrogen-bond acceptors (Lipinski definition) is 2. The van der Waals surface area contributed by atoms with Crippen LogP contribution >= 0.6 is 0 Å². The molecule has 1 spiro atoms. The fraction of sp³-hybridized carbons (Fsp3) is 1.00. The highest BCUT2D eigenvalue weighted by Crippen LogP contribution is 2.48. The van der Waals surface area contributed by atoms with E-state index in [1.165, 1.54) is 45.4 Å². The van der Waals surface area contributed by atoms with Gasteiger partial charge >= 0.3 is 0 Å². The summed E-state index contributed by atoms with van der Waals surface area (Å²) in [6, 6.07) is 0. The van der Waals surface area contributed by atoms with Gasteiger partial charge in [-0.1, -0.05) is 20.8 Å². The fourth-order valence-corrected chi connectivity index (χ4v) is 3.81. The van der Waals surface area contributed by atoms with E-state index in [1.54, 1.807) is 0 Å². The topological polar surface area (TPSA) is 24.1 Å². The normalized spacial score (nSPS) is 31.8. The predicted molar refractivity (Wildman–Crippen MR) is 65.0 cm³/mol. The quantitative estimate of drug-likeness (QED) is 0.639. The molecular weight excluding hydrogens is 184 g/mol. The van der Waals surface area contributed by atoms with Crippen molar-refractivity contribution in [3.05, 3.63) is 0 Å². The molecule has 15 heavy (non-hydrogen) atoms. The van der Waals surface area contributed by atoms with E-state index in [9.17, 15) is 0 Å². The highest BCUT2D eigenvalue weighted by molar-refractivity contribution is 4.99. The molecular formula is C13H26N2. The minimum atomic E-state index is 0.472. The van der Waals surface area contributed by atoms with Gasteiger partial charge in [0.2, 0.25) is 0 Å². The Balaban J connectivity index is 2.17. The summed E-state index contributed by atoms with van der Waals surface area (Å²) in [7, 11) is 0. The molecule has 2 heterocycles. The van der Waals surface area contributed by atoms with Crippen LogP contribution in [0, 0.1) is 16.7 Å². The average molecular weight is 210 g/mol. The third-order valence-electron chi connectivity index (χ3n) is 4.47. The van der Waals surface area contributed by atoms with Crippen molar-refractivity contribution in [2.45, 2.75) is 40.0 Å². The van der Waals surface area contributed by atoms with Crippen molar-refractivity contribution < 1.29 is 0 Å². The Bertz CT molecular complexity index is 203. The van der Waals surface area contributed by atoms with Crippen LogP contribution in [0.4, 0.5) is 0 Å². The summed E-state index contributed by atoms with van der Waals surface area (Å²) in [6.45, 7) is 12.2. The molecule has 2 heteroatoms.